The number of carbonyl (C=O) groups excluding carboxylic acids is 2. The molecule has 6 nitrogen and oxygen atoms in total. The van der Waals surface area contributed by atoms with Gasteiger partial charge in [0, 0.05) is 6.08 Å². The lowest BCUT2D eigenvalue weighted by Gasteiger charge is -2.05. The zero-order valence-corrected chi connectivity index (χ0v) is 12.0. The number of rotatable bonds is 10. The molecule has 114 valence electrons. The zero-order valence-electron chi connectivity index (χ0n) is 12.0. The van der Waals surface area contributed by atoms with Crippen LogP contribution in [0.2, 0.25) is 0 Å². The Bertz CT molecular complexity index is 359. The molecule has 0 aliphatic rings. The van der Waals surface area contributed by atoms with E-state index in [1.807, 2.05) is 13.8 Å². The number of carbonyl (C=O) groups is 3. The van der Waals surface area contributed by atoms with Crippen molar-refractivity contribution in [2.75, 3.05) is 13.2 Å². The van der Waals surface area contributed by atoms with E-state index in [9.17, 15) is 14.4 Å². The summed E-state index contributed by atoms with van der Waals surface area (Å²) < 4.78 is 9.66. The molecular formula is C14H22O6. The quantitative estimate of drug-likeness (QED) is 0.375. The fourth-order valence-electron chi connectivity index (χ4n) is 1.23. The molecule has 0 amide bonds. The lowest BCUT2D eigenvalue weighted by Crippen LogP contribution is -2.13. The van der Waals surface area contributed by atoms with Gasteiger partial charge < -0.3 is 14.6 Å². The lowest BCUT2D eigenvalue weighted by molar-refractivity contribution is -0.145. The minimum absolute atomic E-state index is 0.236. The number of carboxylic acid groups (broad SMARTS) is 1. The second kappa shape index (κ2) is 11.0. The summed E-state index contributed by atoms with van der Waals surface area (Å²) in [5.74, 6) is -2.74. The first-order valence-electron chi connectivity index (χ1n) is 6.77. The van der Waals surface area contributed by atoms with Crippen molar-refractivity contribution in [2.24, 2.45) is 0 Å². The fourth-order valence-corrected chi connectivity index (χ4v) is 1.23. The molecule has 0 spiro atoms. The van der Waals surface area contributed by atoms with Crippen molar-refractivity contribution in [3.05, 3.63) is 11.6 Å². The van der Waals surface area contributed by atoms with Gasteiger partial charge in [-0.3, -0.25) is 4.79 Å². The molecule has 0 bridgehead atoms. The predicted molar refractivity (Wildman–Crippen MR) is 72.1 cm³/mol. The molecular weight excluding hydrogens is 264 g/mol. The van der Waals surface area contributed by atoms with Crippen LogP contribution in [-0.2, 0) is 23.9 Å². The number of carboxylic acids is 1. The van der Waals surface area contributed by atoms with Gasteiger partial charge >= 0.3 is 17.9 Å². The van der Waals surface area contributed by atoms with E-state index >= 15 is 0 Å². The van der Waals surface area contributed by atoms with E-state index in [0.29, 0.717) is 6.42 Å². The lowest BCUT2D eigenvalue weighted by atomic mass is 10.2. The second-order valence-electron chi connectivity index (χ2n) is 4.25. The summed E-state index contributed by atoms with van der Waals surface area (Å²) in [5, 5.41) is 8.93. The van der Waals surface area contributed by atoms with Crippen LogP contribution in [0.3, 0.4) is 0 Å². The van der Waals surface area contributed by atoms with Crippen LogP contribution in [0.5, 0.6) is 0 Å². The maximum atomic E-state index is 11.4. The summed E-state index contributed by atoms with van der Waals surface area (Å²) in [6.45, 7) is 4.38. The minimum Gasteiger partial charge on any atom is -0.478 e. The number of aliphatic carboxylic acids is 1. The van der Waals surface area contributed by atoms with Gasteiger partial charge in [-0.15, -0.1) is 0 Å². The Balaban J connectivity index is 4.37. The van der Waals surface area contributed by atoms with Crippen molar-refractivity contribution >= 4 is 17.9 Å². The minimum atomic E-state index is -1.33. The molecule has 0 aromatic rings. The highest BCUT2D eigenvalue weighted by Crippen LogP contribution is 2.05. The van der Waals surface area contributed by atoms with Gasteiger partial charge in [-0.25, -0.2) is 9.59 Å². The average Bonchev–Trinajstić information content (AvgIpc) is 2.38. The average molecular weight is 286 g/mol. The van der Waals surface area contributed by atoms with Gasteiger partial charge in [0.1, 0.15) is 0 Å². The largest absolute Gasteiger partial charge is 0.478 e. The van der Waals surface area contributed by atoms with E-state index in [1.165, 1.54) is 0 Å². The molecule has 1 N–H and O–H groups in total. The maximum Gasteiger partial charge on any atom is 0.332 e. The van der Waals surface area contributed by atoms with E-state index in [-0.39, 0.29) is 18.8 Å². The zero-order chi connectivity index (χ0) is 15.4. The number of unbranched alkanes of at least 4 members (excludes halogenated alkanes) is 2. The summed E-state index contributed by atoms with van der Waals surface area (Å²) in [6.07, 6.45) is 3.56. The van der Waals surface area contributed by atoms with Crippen LogP contribution in [0.25, 0.3) is 0 Å². The summed E-state index contributed by atoms with van der Waals surface area (Å²) in [5.41, 5.74) is -0.326. The van der Waals surface area contributed by atoms with E-state index < -0.39 is 24.3 Å². The van der Waals surface area contributed by atoms with Crippen molar-refractivity contribution in [1.82, 2.24) is 0 Å². The van der Waals surface area contributed by atoms with Gasteiger partial charge in [-0.1, -0.05) is 26.7 Å². The Morgan fingerprint density at radius 2 is 1.55 bits per heavy atom. The third-order valence-corrected chi connectivity index (χ3v) is 2.40. The second-order valence-corrected chi connectivity index (χ2v) is 4.25. The van der Waals surface area contributed by atoms with Crippen molar-refractivity contribution in [3.63, 3.8) is 0 Å². The smallest absolute Gasteiger partial charge is 0.332 e. The van der Waals surface area contributed by atoms with Gasteiger partial charge in [0.05, 0.1) is 25.2 Å². The topological polar surface area (TPSA) is 89.9 Å². The summed E-state index contributed by atoms with van der Waals surface area (Å²) >= 11 is 0. The maximum absolute atomic E-state index is 11.4. The van der Waals surface area contributed by atoms with Crippen molar-refractivity contribution in [3.8, 4) is 0 Å². The molecule has 0 unspecified atom stereocenters. The molecule has 20 heavy (non-hydrogen) atoms. The van der Waals surface area contributed by atoms with Crippen molar-refractivity contribution in [1.29, 1.82) is 0 Å². The molecule has 0 atom stereocenters. The molecule has 0 aliphatic carbocycles. The van der Waals surface area contributed by atoms with Crippen LogP contribution in [0, 0.1) is 0 Å². The molecule has 0 saturated heterocycles. The van der Waals surface area contributed by atoms with Crippen LogP contribution in [0.15, 0.2) is 11.6 Å². The molecule has 0 heterocycles. The molecule has 6 heteroatoms. The molecule has 0 aromatic heterocycles. The number of hydrogen-bond acceptors (Lipinski definition) is 5. The monoisotopic (exact) mass is 286 g/mol. The van der Waals surface area contributed by atoms with Crippen LogP contribution in [0.1, 0.15) is 46.0 Å². The molecule has 0 rings (SSSR count). The van der Waals surface area contributed by atoms with E-state index in [4.69, 9.17) is 14.6 Å². The Morgan fingerprint density at radius 1 is 1.00 bits per heavy atom. The number of hydrogen-bond donors (Lipinski definition) is 1. The third-order valence-electron chi connectivity index (χ3n) is 2.40. The Labute approximate surface area is 118 Å². The highest BCUT2D eigenvalue weighted by Gasteiger charge is 2.16. The van der Waals surface area contributed by atoms with Crippen LogP contribution in [0.4, 0.5) is 0 Å². The van der Waals surface area contributed by atoms with Gasteiger partial charge in [0.15, 0.2) is 0 Å². The fraction of sp³-hybridized carbons (Fsp3) is 0.643. The number of ether oxygens (including phenoxy) is 2. The van der Waals surface area contributed by atoms with E-state index in [2.05, 4.69) is 0 Å². The van der Waals surface area contributed by atoms with E-state index in [0.717, 1.165) is 25.3 Å². The highest BCUT2D eigenvalue weighted by atomic mass is 16.5. The molecule has 0 radical (unpaired) electrons. The number of esters is 2. The van der Waals surface area contributed by atoms with Gasteiger partial charge in [0.2, 0.25) is 0 Å². The van der Waals surface area contributed by atoms with Gasteiger partial charge in [-0.05, 0) is 12.8 Å². The summed E-state index contributed by atoms with van der Waals surface area (Å²) in [4.78, 5) is 33.7. The first kappa shape index (κ1) is 18.1. The van der Waals surface area contributed by atoms with Gasteiger partial charge in [0.25, 0.3) is 0 Å². The van der Waals surface area contributed by atoms with Gasteiger partial charge in [-0.2, -0.15) is 0 Å². The van der Waals surface area contributed by atoms with Crippen LogP contribution < -0.4 is 0 Å². The molecule has 0 aromatic carbocycles. The molecule has 0 fully saturated rings. The third kappa shape index (κ3) is 9.13. The summed E-state index contributed by atoms with van der Waals surface area (Å²) in [6, 6.07) is 0. The first-order valence-corrected chi connectivity index (χ1v) is 6.77. The van der Waals surface area contributed by atoms with E-state index in [1.54, 1.807) is 0 Å². The van der Waals surface area contributed by atoms with Crippen molar-refractivity contribution in [2.45, 2.75) is 46.0 Å². The Kier molecular flexibility index (Phi) is 10.00. The SMILES string of the molecule is CCCCOC(=O)C=C(CC(=O)OCCCC)C(=O)O. The first-order chi connectivity index (χ1) is 9.51. The predicted octanol–water partition coefficient (Wildman–Crippen LogP) is 2.07. The highest BCUT2D eigenvalue weighted by molar-refractivity contribution is 5.98. The Morgan fingerprint density at radius 3 is 2.05 bits per heavy atom. The Hall–Kier alpha value is -1.85. The van der Waals surface area contributed by atoms with Crippen LogP contribution in [-0.4, -0.2) is 36.2 Å². The van der Waals surface area contributed by atoms with Crippen LogP contribution >= 0.6 is 0 Å². The molecule has 0 saturated carbocycles. The molecule has 0 aliphatic heterocycles. The van der Waals surface area contributed by atoms with Crippen molar-refractivity contribution < 1.29 is 29.0 Å². The normalized spacial score (nSPS) is 11.0. The summed E-state index contributed by atoms with van der Waals surface area (Å²) in [7, 11) is 0. The standard InChI is InChI=1S/C14H22O6/c1-3-5-7-19-12(15)9-11(14(17)18)10-13(16)20-8-6-4-2/h9H,3-8,10H2,1-2H3,(H,17,18).